The van der Waals surface area contributed by atoms with Gasteiger partial charge in [0.2, 0.25) is 0 Å². The first-order valence-corrected chi connectivity index (χ1v) is 10.8. The molecule has 0 radical (unpaired) electrons. The summed E-state index contributed by atoms with van der Waals surface area (Å²) in [6, 6.07) is 13.0. The lowest BCUT2D eigenvalue weighted by molar-refractivity contribution is -0.124. The molecule has 0 aliphatic heterocycles. The van der Waals surface area contributed by atoms with Crippen LogP contribution in [0.3, 0.4) is 0 Å². The number of hydrogen-bond donors (Lipinski definition) is 1. The predicted octanol–water partition coefficient (Wildman–Crippen LogP) is 2.89. The topological polar surface area (TPSA) is 92.8 Å². The number of rotatable bonds is 8. The van der Waals surface area contributed by atoms with E-state index in [0.29, 0.717) is 11.3 Å². The second-order valence-corrected chi connectivity index (χ2v) is 8.61. The molecule has 1 amide bonds. The third-order valence-electron chi connectivity index (χ3n) is 4.11. The number of aryl methyl sites for hydroxylation is 1. The monoisotopic (exact) mass is 418 g/mol. The summed E-state index contributed by atoms with van der Waals surface area (Å²) in [4.78, 5) is 24.0. The first-order valence-electron chi connectivity index (χ1n) is 9.31. The number of nitrogens with zero attached hydrogens (tertiary/aromatic N) is 1. The summed E-state index contributed by atoms with van der Waals surface area (Å²) in [6.45, 7) is 6.79. The second kappa shape index (κ2) is 9.56. The van der Waals surface area contributed by atoms with Crippen molar-refractivity contribution in [3.8, 4) is 0 Å². The molecule has 0 aliphatic rings. The average Bonchev–Trinajstić information content (AvgIpc) is 2.67. The lowest BCUT2D eigenvalue weighted by Crippen LogP contribution is -2.34. The highest BCUT2D eigenvalue weighted by Crippen LogP contribution is 2.26. The Bertz CT molecular complexity index is 972. The van der Waals surface area contributed by atoms with Gasteiger partial charge in [-0.1, -0.05) is 24.3 Å². The van der Waals surface area contributed by atoms with Crippen molar-refractivity contribution in [3.05, 3.63) is 59.7 Å². The van der Waals surface area contributed by atoms with Crippen molar-refractivity contribution < 1.29 is 22.7 Å². The normalized spacial score (nSPS) is 11.2. The van der Waals surface area contributed by atoms with Gasteiger partial charge in [-0.15, -0.1) is 0 Å². The molecule has 2 aromatic carbocycles. The van der Waals surface area contributed by atoms with Crippen LogP contribution in [0.25, 0.3) is 0 Å². The number of ether oxygens (including phenoxy) is 1. The molecule has 7 nitrogen and oxygen atoms in total. The van der Waals surface area contributed by atoms with Gasteiger partial charge in [-0.25, -0.2) is 13.2 Å². The van der Waals surface area contributed by atoms with Gasteiger partial charge in [-0.2, -0.15) is 0 Å². The molecule has 0 unspecified atom stereocenters. The zero-order valence-electron chi connectivity index (χ0n) is 17.0. The predicted molar refractivity (Wildman–Crippen MR) is 111 cm³/mol. The van der Waals surface area contributed by atoms with Crippen molar-refractivity contribution in [2.24, 2.45) is 0 Å². The van der Waals surface area contributed by atoms with E-state index < -0.39 is 28.5 Å². The van der Waals surface area contributed by atoms with E-state index in [1.165, 1.54) is 16.4 Å². The number of esters is 1. The summed E-state index contributed by atoms with van der Waals surface area (Å²) in [5.41, 5.74) is 1.11. The van der Waals surface area contributed by atoms with Crippen molar-refractivity contribution in [2.45, 2.75) is 38.6 Å². The lowest BCUT2D eigenvalue weighted by Gasteiger charge is -2.24. The fourth-order valence-electron chi connectivity index (χ4n) is 2.79. The molecule has 0 bridgehead atoms. The van der Waals surface area contributed by atoms with Crippen LogP contribution in [0.15, 0.2) is 53.4 Å². The molecule has 0 atom stereocenters. The number of para-hydroxylation sites is 1. The minimum absolute atomic E-state index is 0.0179. The van der Waals surface area contributed by atoms with Gasteiger partial charge in [-0.3, -0.25) is 9.10 Å². The summed E-state index contributed by atoms with van der Waals surface area (Å²) in [5, 5.41) is 2.62. The van der Waals surface area contributed by atoms with Crippen LogP contribution >= 0.6 is 0 Å². The Morgan fingerprint density at radius 3 is 2.34 bits per heavy atom. The van der Waals surface area contributed by atoms with Crippen molar-refractivity contribution in [1.29, 1.82) is 0 Å². The number of amides is 1. The smallest absolute Gasteiger partial charge is 0.338 e. The maximum atomic E-state index is 13.3. The van der Waals surface area contributed by atoms with Gasteiger partial charge in [0.1, 0.15) is 0 Å². The molecule has 0 fully saturated rings. The lowest BCUT2D eigenvalue weighted by atomic mass is 10.1. The van der Waals surface area contributed by atoms with Gasteiger partial charge in [-0.05, 0) is 57.5 Å². The fourth-order valence-corrected chi connectivity index (χ4v) is 4.51. The quantitative estimate of drug-likeness (QED) is 0.666. The maximum absolute atomic E-state index is 13.3. The van der Waals surface area contributed by atoms with E-state index in [-0.39, 0.29) is 23.0 Å². The van der Waals surface area contributed by atoms with Crippen LogP contribution in [-0.4, -0.2) is 39.5 Å². The van der Waals surface area contributed by atoms with E-state index in [0.717, 1.165) is 0 Å². The SMILES string of the molecule is CCN(c1ccccc1)S(=O)(=O)c1cc(C(=O)OCC(=O)NC(C)C)ccc1C. The van der Waals surface area contributed by atoms with Crippen LogP contribution in [0.4, 0.5) is 5.69 Å². The zero-order chi connectivity index (χ0) is 21.6. The number of benzene rings is 2. The van der Waals surface area contributed by atoms with Gasteiger partial charge in [0.25, 0.3) is 15.9 Å². The minimum atomic E-state index is -3.89. The van der Waals surface area contributed by atoms with Crippen LogP contribution in [0, 0.1) is 6.92 Å². The molecule has 0 aliphatic carbocycles. The van der Waals surface area contributed by atoms with Crippen molar-refractivity contribution in [2.75, 3.05) is 17.5 Å². The molecule has 2 rings (SSSR count). The number of hydrogen-bond acceptors (Lipinski definition) is 5. The molecular formula is C21H26N2O5S. The number of carbonyl (C=O) groups is 2. The van der Waals surface area contributed by atoms with Crippen LogP contribution < -0.4 is 9.62 Å². The van der Waals surface area contributed by atoms with E-state index in [4.69, 9.17) is 4.74 Å². The molecule has 0 saturated carbocycles. The number of carbonyl (C=O) groups excluding carboxylic acids is 2. The summed E-state index contributed by atoms with van der Waals surface area (Å²) in [7, 11) is -3.89. The van der Waals surface area contributed by atoms with Gasteiger partial charge < -0.3 is 10.1 Å². The van der Waals surface area contributed by atoms with E-state index >= 15 is 0 Å². The zero-order valence-corrected chi connectivity index (χ0v) is 17.8. The number of anilines is 1. The van der Waals surface area contributed by atoms with Gasteiger partial charge in [0.15, 0.2) is 6.61 Å². The molecule has 1 N–H and O–H groups in total. The molecule has 156 valence electrons. The summed E-state index contributed by atoms with van der Waals surface area (Å²) < 4.78 is 32.8. The van der Waals surface area contributed by atoms with Gasteiger partial charge in [0.05, 0.1) is 16.1 Å². The van der Waals surface area contributed by atoms with E-state index in [1.54, 1.807) is 64.1 Å². The molecule has 0 aromatic heterocycles. The molecule has 8 heteroatoms. The highest BCUT2D eigenvalue weighted by atomic mass is 32.2. The summed E-state index contributed by atoms with van der Waals surface area (Å²) in [5.74, 6) is -1.18. The van der Waals surface area contributed by atoms with Crippen molar-refractivity contribution in [3.63, 3.8) is 0 Å². The maximum Gasteiger partial charge on any atom is 0.338 e. The van der Waals surface area contributed by atoms with Crippen LogP contribution in [0.2, 0.25) is 0 Å². The summed E-state index contributed by atoms with van der Waals surface area (Å²) >= 11 is 0. The standard InChI is InChI=1S/C21H26N2O5S/c1-5-23(18-9-7-6-8-10-18)29(26,27)19-13-17(12-11-16(19)4)21(25)28-14-20(24)22-15(2)3/h6-13,15H,5,14H2,1-4H3,(H,22,24). The van der Waals surface area contributed by atoms with E-state index in [2.05, 4.69) is 5.32 Å². The molecule has 0 heterocycles. The molecule has 2 aromatic rings. The first-order chi connectivity index (χ1) is 13.7. The Hall–Kier alpha value is -2.87. The van der Waals surface area contributed by atoms with E-state index in [1.807, 2.05) is 0 Å². The first kappa shape index (κ1) is 22.4. The largest absolute Gasteiger partial charge is 0.452 e. The average molecular weight is 419 g/mol. The van der Waals surface area contributed by atoms with Crippen LogP contribution in [0.1, 0.15) is 36.7 Å². The third kappa shape index (κ3) is 5.57. The van der Waals surface area contributed by atoms with E-state index in [9.17, 15) is 18.0 Å². The highest BCUT2D eigenvalue weighted by molar-refractivity contribution is 7.92. The minimum Gasteiger partial charge on any atom is -0.452 e. The summed E-state index contributed by atoms with van der Waals surface area (Å²) in [6.07, 6.45) is 0. The highest BCUT2D eigenvalue weighted by Gasteiger charge is 2.26. The van der Waals surface area contributed by atoms with Gasteiger partial charge >= 0.3 is 5.97 Å². The van der Waals surface area contributed by atoms with Crippen LogP contribution in [0.5, 0.6) is 0 Å². The third-order valence-corrected chi connectivity index (χ3v) is 6.15. The Kier molecular flexibility index (Phi) is 7.39. The molecule has 29 heavy (non-hydrogen) atoms. The van der Waals surface area contributed by atoms with Gasteiger partial charge in [0, 0.05) is 12.6 Å². The fraction of sp³-hybridized carbons (Fsp3) is 0.333. The Morgan fingerprint density at radius 1 is 1.10 bits per heavy atom. The number of sulfonamides is 1. The Labute approximate surface area is 171 Å². The van der Waals surface area contributed by atoms with Crippen molar-refractivity contribution in [1.82, 2.24) is 5.32 Å². The Balaban J connectivity index is 2.30. The Morgan fingerprint density at radius 2 is 1.76 bits per heavy atom. The molecule has 0 spiro atoms. The van der Waals surface area contributed by atoms with Crippen molar-refractivity contribution >= 4 is 27.6 Å². The number of nitrogens with one attached hydrogen (secondary N) is 1. The molecule has 0 saturated heterocycles. The second-order valence-electron chi connectivity index (χ2n) is 6.78. The molecular weight excluding hydrogens is 392 g/mol. The van der Waals surface area contributed by atoms with Crippen LogP contribution in [-0.2, 0) is 19.6 Å².